The first-order valence-corrected chi connectivity index (χ1v) is 6.13. The summed E-state index contributed by atoms with van der Waals surface area (Å²) in [5, 5.41) is 25.7. The molecule has 8 nitrogen and oxygen atoms in total. The molecule has 0 heterocycles. The molecule has 0 bridgehead atoms. The second-order valence-electron chi connectivity index (χ2n) is 4.90. The van der Waals surface area contributed by atoms with E-state index in [1.165, 1.54) is 12.1 Å². The topological polar surface area (TPSA) is 111 Å². The summed E-state index contributed by atoms with van der Waals surface area (Å²) >= 11 is 0. The van der Waals surface area contributed by atoms with Crippen LogP contribution in [0.4, 0.5) is 17.1 Å². The number of nitro benzene ring substituents is 2. The molecular formula is C12H14N4O4. The molecule has 1 saturated carbocycles. The summed E-state index contributed by atoms with van der Waals surface area (Å²) in [5.74, 6) is 1.01. The first-order chi connectivity index (χ1) is 9.40. The third-order valence-electron chi connectivity index (χ3n) is 3.39. The van der Waals surface area contributed by atoms with E-state index < -0.39 is 9.85 Å². The SMILES string of the molecule is C/C(=N/Nc1ccc([N+](=O)[O-])cc1[N+](=O)[O-])C1CC1C. The highest BCUT2D eigenvalue weighted by Crippen LogP contribution is 2.39. The number of hydrogen-bond acceptors (Lipinski definition) is 6. The van der Waals surface area contributed by atoms with Gasteiger partial charge in [0.1, 0.15) is 5.69 Å². The number of hydrazone groups is 1. The van der Waals surface area contributed by atoms with Gasteiger partial charge in [-0.1, -0.05) is 6.92 Å². The number of benzene rings is 1. The Morgan fingerprint density at radius 2 is 2.00 bits per heavy atom. The molecule has 106 valence electrons. The van der Waals surface area contributed by atoms with E-state index in [1.807, 2.05) is 6.92 Å². The number of nitrogens with zero attached hydrogens (tertiary/aromatic N) is 3. The fraction of sp³-hybridized carbons (Fsp3) is 0.417. The predicted molar refractivity (Wildman–Crippen MR) is 73.8 cm³/mol. The Morgan fingerprint density at radius 1 is 1.35 bits per heavy atom. The van der Waals surface area contributed by atoms with Gasteiger partial charge < -0.3 is 0 Å². The molecule has 2 rings (SSSR count). The zero-order valence-corrected chi connectivity index (χ0v) is 11.1. The quantitative estimate of drug-likeness (QED) is 0.505. The summed E-state index contributed by atoms with van der Waals surface area (Å²) in [6.45, 7) is 3.97. The summed E-state index contributed by atoms with van der Waals surface area (Å²) in [4.78, 5) is 20.2. The van der Waals surface area contributed by atoms with Crippen molar-refractivity contribution in [3.8, 4) is 0 Å². The van der Waals surface area contributed by atoms with E-state index in [9.17, 15) is 20.2 Å². The average Bonchev–Trinajstić information content (AvgIpc) is 3.12. The van der Waals surface area contributed by atoms with Gasteiger partial charge in [-0.25, -0.2) is 0 Å². The molecule has 0 saturated heterocycles. The number of nitrogens with one attached hydrogen (secondary N) is 1. The van der Waals surface area contributed by atoms with Gasteiger partial charge in [-0.05, 0) is 25.3 Å². The maximum Gasteiger partial charge on any atom is 0.301 e. The molecule has 0 amide bonds. The van der Waals surface area contributed by atoms with Gasteiger partial charge in [0.05, 0.1) is 15.9 Å². The lowest BCUT2D eigenvalue weighted by atomic mass is 10.2. The number of anilines is 1. The van der Waals surface area contributed by atoms with Crippen molar-refractivity contribution in [1.82, 2.24) is 0 Å². The lowest BCUT2D eigenvalue weighted by Gasteiger charge is -2.04. The van der Waals surface area contributed by atoms with Crippen LogP contribution in [0.25, 0.3) is 0 Å². The number of non-ortho nitro benzene ring substituents is 1. The zero-order chi connectivity index (χ0) is 14.9. The Morgan fingerprint density at radius 3 is 2.50 bits per heavy atom. The van der Waals surface area contributed by atoms with Crippen molar-refractivity contribution in [1.29, 1.82) is 0 Å². The number of nitro groups is 2. The normalized spacial score (nSPS) is 21.4. The molecule has 1 aromatic rings. The maximum atomic E-state index is 10.9. The Bertz CT molecular complexity index is 599. The van der Waals surface area contributed by atoms with Crippen LogP contribution in [0.15, 0.2) is 23.3 Å². The second-order valence-corrected chi connectivity index (χ2v) is 4.90. The van der Waals surface area contributed by atoms with Crippen molar-refractivity contribution in [3.05, 3.63) is 38.4 Å². The van der Waals surface area contributed by atoms with Crippen molar-refractivity contribution in [2.75, 3.05) is 5.43 Å². The average molecular weight is 278 g/mol. The maximum absolute atomic E-state index is 10.9. The fourth-order valence-electron chi connectivity index (χ4n) is 2.01. The van der Waals surface area contributed by atoms with Gasteiger partial charge in [0.25, 0.3) is 5.69 Å². The minimum atomic E-state index is -0.669. The van der Waals surface area contributed by atoms with Gasteiger partial charge in [-0.15, -0.1) is 0 Å². The van der Waals surface area contributed by atoms with Gasteiger partial charge in [-0.3, -0.25) is 25.7 Å². The zero-order valence-electron chi connectivity index (χ0n) is 11.1. The highest BCUT2D eigenvalue weighted by Gasteiger charge is 2.35. The van der Waals surface area contributed by atoms with Gasteiger partial charge in [0.2, 0.25) is 0 Å². The lowest BCUT2D eigenvalue weighted by Crippen LogP contribution is -2.03. The number of rotatable bonds is 5. The van der Waals surface area contributed by atoms with Crippen molar-refractivity contribution in [3.63, 3.8) is 0 Å². The van der Waals surface area contributed by atoms with E-state index in [0.29, 0.717) is 11.8 Å². The summed E-state index contributed by atoms with van der Waals surface area (Å²) in [6, 6.07) is 3.43. The molecule has 0 radical (unpaired) electrons. The van der Waals surface area contributed by atoms with Crippen LogP contribution in [0.5, 0.6) is 0 Å². The fourth-order valence-corrected chi connectivity index (χ4v) is 2.01. The molecule has 8 heteroatoms. The standard InChI is InChI=1S/C12H14N4O4/c1-7-5-10(7)8(2)13-14-11-4-3-9(15(17)18)6-12(11)16(19)20/h3-4,6-7,10,14H,5H2,1-2H3/b13-8-. The first-order valence-electron chi connectivity index (χ1n) is 6.13. The van der Waals surface area contributed by atoms with Crippen molar-refractivity contribution >= 4 is 22.8 Å². The Labute approximate surface area is 114 Å². The molecule has 2 unspecified atom stereocenters. The molecule has 2 atom stereocenters. The third-order valence-corrected chi connectivity index (χ3v) is 3.39. The monoisotopic (exact) mass is 278 g/mol. The highest BCUT2D eigenvalue weighted by atomic mass is 16.6. The smallest absolute Gasteiger partial charge is 0.272 e. The van der Waals surface area contributed by atoms with Crippen molar-refractivity contribution in [2.24, 2.45) is 16.9 Å². The van der Waals surface area contributed by atoms with Crippen LogP contribution in [-0.4, -0.2) is 15.6 Å². The molecule has 1 N–H and O–H groups in total. The van der Waals surface area contributed by atoms with Crippen LogP contribution in [0.2, 0.25) is 0 Å². The molecule has 0 aliphatic heterocycles. The van der Waals surface area contributed by atoms with Crippen LogP contribution in [0.3, 0.4) is 0 Å². The Balaban J connectivity index is 2.22. The van der Waals surface area contributed by atoms with Crippen LogP contribution in [0, 0.1) is 32.1 Å². The largest absolute Gasteiger partial charge is 0.301 e. The van der Waals surface area contributed by atoms with Crippen LogP contribution in [0.1, 0.15) is 20.3 Å². The van der Waals surface area contributed by atoms with Gasteiger partial charge in [0.15, 0.2) is 0 Å². The third kappa shape index (κ3) is 2.90. The van der Waals surface area contributed by atoms with E-state index in [0.717, 1.165) is 18.2 Å². The highest BCUT2D eigenvalue weighted by molar-refractivity contribution is 5.87. The van der Waals surface area contributed by atoms with Crippen molar-refractivity contribution < 1.29 is 9.85 Å². The van der Waals surface area contributed by atoms with Crippen LogP contribution in [-0.2, 0) is 0 Å². The number of hydrogen-bond donors (Lipinski definition) is 1. The Kier molecular flexibility index (Phi) is 3.64. The molecule has 0 spiro atoms. The van der Waals surface area contributed by atoms with E-state index in [-0.39, 0.29) is 17.1 Å². The second kappa shape index (κ2) is 5.24. The molecule has 20 heavy (non-hydrogen) atoms. The molecule has 0 aromatic heterocycles. The van der Waals surface area contributed by atoms with E-state index in [1.54, 1.807) is 0 Å². The molecular weight excluding hydrogens is 264 g/mol. The predicted octanol–water partition coefficient (Wildman–Crippen LogP) is 2.95. The van der Waals surface area contributed by atoms with Gasteiger partial charge in [0, 0.05) is 17.7 Å². The van der Waals surface area contributed by atoms with Crippen molar-refractivity contribution in [2.45, 2.75) is 20.3 Å². The molecule has 1 fully saturated rings. The Hall–Kier alpha value is -2.51. The van der Waals surface area contributed by atoms with Crippen LogP contribution >= 0.6 is 0 Å². The summed E-state index contributed by atoms with van der Waals surface area (Å²) in [7, 11) is 0. The van der Waals surface area contributed by atoms with Gasteiger partial charge in [-0.2, -0.15) is 5.10 Å². The van der Waals surface area contributed by atoms with E-state index in [2.05, 4.69) is 17.5 Å². The van der Waals surface area contributed by atoms with E-state index in [4.69, 9.17) is 0 Å². The minimum absolute atomic E-state index is 0.147. The first kappa shape index (κ1) is 13.9. The van der Waals surface area contributed by atoms with Crippen LogP contribution < -0.4 is 5.43 Å². The summed E-state index contributed by atoms with van der Waals surface area (Å²) in [6.07, 6.45) is 1.07. The lowest BCUT2D eigenvalue weighted by molar-refractivity contribution is -0.393. The summed E-state index contributed by atoms with van der Waals surface area (Å²) in [5.41, 5.74) is 2.97. The van der Waals surface area contributed by atoms with E-state index >= 15 is 0 Å². The molecule has 1 aliphatic rings. The minimum Gasteiger partial charge on any atom is -0.272 e. The summed E-state index contributed by atoms with van der Waals surface area (Å²) < 4.78 is 0. The molecule has 1 aliphatic carbocycles. The van der Waals surface area contributed by atoms with Gasteiger partial charge >= 0.3 is 5.69 Å². The molecule has 1 aromatic carbocycles.